The summed E-state index contributed by atoms with van der Waals surface area (Å²) >= 11 is 0. The Labute approximate surface area is 93.9 Å². The number of nitrogens with one attached hydrogen (secondary N) is 2. The largest absolute Gasteiger partial charge is 0.373 e. The lowest BCUT2D eigenvalue weighted by molar-refractivity contribution is -0.125. The first kappa shape index (κ1) is 11.3. The van der Waals surface area contributed by atoms with E-state index < -0.39 is 0 Å². The minimum absolute atomic E-state index is 0.0100. The van der Waals surface area contributed by atoms with Gasteiger partial charge in [0.2, 0.25) is 11.8 Å². The molecule has 2 rings (SSSR count). The van der Waals surface area contributed by atoms with E-state index >= 15 is 0 Å². The number of carbonyl (C=O) groups excluding carboxylic acids is 2. The number of rotatable bonds is 4. The van der Waals surface area contributed by atoms with E-state index in [2.05, 4.69) is 10.6 Å². The highest BCUT2D eigenvalue weighted by Gasteiger charge is 2.41. The number of nitrogens with two attached hydrogens (primary N) is 1. The molecule has 2 saturated heterocycles. The molecule has 2 amide bonds. The molecular formula is C10H17N3O3. The van der Waals surface area contributed by atoms with E-state index in [1.807, 2.05) is 0 Å². The third-order valence-electron chi connectivity index (χ3n) is 3.08. The van der Waals surface area contributed by atoms with Crippen LogP contribution in [0.1, 0.15) is 19.3 Å². The quantitative estimate of drug-likeness (QED) is 0.544. The van der Waals surface area contributed by atoms with E-state index in [-0.39, 0.29) is 37.0 Å². The molecule has 6 heteroatoms. The molecule has 2 aliphatic rings. The number of amides is 2. The smallest absolute Gasteiger partial charge is 0.239 e. The summed E-state index contributed by atoms with van der Waals surface area (Å²) in [6.07, 6.45) is 3.49. The molecule has 0 aromatic carbocycles. The lowest BCUT2D eigenvalue weighted by atomic mass is 9.95. The highest BCUT2D eigenvalue weighted by Crippen LogP contribution is 2.34. The van der Waals surface area contributed by atoms with Gasteiger partial charge in [0, 0.05) is 0 Å². The molecule has 4 N–H and O–H groups in total. The fraction of sp³-hybridized carbons (Fsp3) is 0.800. The van der Waals surface area contributed by atoms with Crippen molar-refractivity contribution in [3.63, 3.8) is 0 Å². The first-order valence-electron chi connectivity index (χ1n) is 5.60. The van der Waals surface area contributed by atoms with Crippen molar-refractivity contribution in [3.8, 4) is 0 Å². The third-order valence-corrected chi connectivity index (χ3v) is 3.08. The predicted octanol–water partition coefficient (Wildman–Crippen LogP) is -1.50. The van der Waals surface area contributed by atoms with Crippen molar-refractivity contribution in [1.29, 1.82) is 0 Å². The summed E-state index contributed by atoms with van der Waals surface area (Å²) in [5.41, 5.74) is 5.11. The van der Waals surface area contributed by atoms with E-state index in [0.29, 0.717) is 6.10 Å². The van der Waals surface area contributed by atoms with Gasteiger partial charge in [-0.05, 0) is 19.3 Å². The zero-order chi connectivity index (χ0) is 11.5. The molecule has 2 fully saturated rings. The van der Waals surface area contributed by atoms with Crippen LogP contribution in [0.2, 0.25) is 0 Å². The number of hydrogen-bond acceptors (Lipinski definition) is 4. The van der Waals surface area contributed by atoms with Gasteiger partial charge < -0.3 is 21.1 Å². The van der Waals surface area contributed by atoms with E-state index in [1.54, 1.807) is 0 Å². The van der Waals surface area contributed by atoms with Crippen molar-refractivity contribution in [2.75, 3.05) is 13.1 Å². The summed E-state index contributed by atoms with van der Waals surface area (Å²) in [5, 5.41) is 5.30. The van der Waals surface area contributed by atoms with Crippen LogP contribution in [-0.2, 0) is 14.3 Å². The van der Waals surface area contributed by atoms with Gasteiger partial charge in [0.05, 0.1) is 31.3 Å². The van der Waals surface area contributed by atoms with Crippen molar-refractivity contribution in [2.45, 2.75) is 37.5 Å². The minimum atomic E-state index is -0.320. The van der Waals surface area contributed by atoms with Crippen molar-refractivity contribution < 1.29 is 14.3 Å². The van der Waals surface area contributed by atoms with Crippen molar-refractivity contribution in [2.24, 2.45) is 5.73 Å². The molecule has 0 aromatic heterocycles. The van der Waals surface area contributed by atoms with Gasteiger partial charge in [-0.1, -0.05) is 0 Å². The molecule has 0 aromatic rings. The molecule has 3 unspecified atom stereocenters. The van der Waals surface area contributed by atoms with Crippen LogP contribution in [-0.4, -0.2) is 43.2 Å². The molecule has 0 aliphatic carbocycles. The maximum atomic E-state index is 11.5. The maximum absolute atomic E-state index is 11.5. The summed E-state index contributed by atoms with van der Waals surface area (Å²) in [6, 6.07) is 0.112. The van der Waals surface area contributed by atoms with Gasteiger partial charge in [0.1, 0.15) is 0 Å². The second kappa shape index (κ2) is 4.80. The van der Waals surface area contributed by atoms with E-state index in [4.69, 9.17) is 10.5 Å². The summed E-state index contributed by atoms with van der Waals surface area (Å²) < 4.78 is 5.61. The second-order valence-electron chi connectivity index (χ2n) is 4.26. The molecule has 2 heterocycles. The van der Waals surface area contributed by atoms with Gasteiger partial charge >= 0.3 is 0 Å². The lowest BCUT2D eigenvalue weighted by Crippen LogP contribution is -2.46. The zero-order valence-electron chi connectivity index (χ0n) is 9.07. The Morgan fingerprint density at radius 3 is 2.69 bits per heavy atom. The fourth-order valence-electron chi connectivity index (χ4n) is 2.30. The minimum Gasteiger partial charge on any atom is -0.373 e. The van der Waals surface area contributed by atoms with Crippen LogP contribution in [0.3, 0.4) is 0 Å². The molecule has 0 saturated carbocycles. The van der Waals surface area contributed by atoms with E-state index in [1.165, 1.54) is 0 Å². The van der Waals surface area contributed by atoms with Crippen molar-refractivity contribution in [3.05, 3.63) is 0 Å². The van der Waals surface area contributed by atoms with Crippen LogP contribution in [0, 0.1) is 0 Å². The van der Waals surface area contributed by atoms with Crippen LogP contribution >= 0.6 is 0 Å². The number of carbonyl (C=O) groups is 2. The number of ether oxygens (including phenoxy) is 1. The topological polar surface area (TPSA) is 93.5 Å². The summed E-state index contributed by atoms with van der Waals surface area (Å²) in [4.78, 5) is 22.3. The van der Waals surface area contributed by atoms with Gasteiger partial charge in [-0.15, -0.1) is 0 Å². The Kier molecular flexibility index (Phi) is 3.40. The molecule has 16 heavy (non-hydrogen) atoms. The Hall–Kier alpha value is -1.14. The molecule has 2 bridgehead atoms. The third kappa shape index (κ3) is 2.51. The molecule has 6 nitrogen and oxygen atoms in total. The predicted molar refractivity (Wildman–Crippen MR) is 56.5 cm³/mol. The molecule has 2 aliphatic heterocycles. The Morgan fingerprint density at radius 1 is 1.31 bits per heavy atom. The summed E-state index contributed by atoms with van der Waals surface area (Å²) in [5.74, 6) is -0.498. The van der Waals surface area contributed by atoms with Crippen molar-refractivity contribution in [1.82, 2.24) is 10.6 Å². The lowest BCUT2D eigenvalue weighted by Gasteiger charge is -2.20. The summed E-state index contributed by atoms with van der Waals surface area (Å²) in [7, 11) is 0. The van der Waals surface area contributed by atoms with Crippen LogP contribution in [0.15, 0.2) is 0 Å². The zero-order valence-corrected chi connectivity index (χ0v) is 9.07. The number of hydrogen-bond donors (Lipinski definition) is 3. The maximum Gasteiger partial charge on any atom is 0.239 e. The normalized spacial score (nSPS) is 31.4. The van der Waals surface area contributed by atoms with E-state index in [9.17, 15) is 9.59 Å². The van der Waals surface area contributed by atoms with E-state index in [0.717, 1.165) is 19.3 Å². The van der Waals surface area contributed by atoms with Crippen LogP contribution in [0.5, 0.6) is 0 Å². The second-order valence-corrected chi connectivity index (χ2v) is 4.26. The molecular weight excluding hydrogens is 210 g/mol. The van der Waals surface area contributed by atoms with Crippen molar-refractivity contribution >= 4 is 11.8 Å². The first-order chi connectivity index (χ1) is 7.69. The highest BCUT2D eigenvalue weighted by atomic mass is 16.5. The molecule has 3 atom stereocenters. The molecule has 0 radical (unpaired) electrons. The summed E-state index contributed by atoms with van der Waals surface area (Å²) in [6.45, 7) is -0.103. The SMILES string of the molecule is NCC(=O)NCC(=O)NC1CC2CCC1O2. The average Bonchev–Trinajstić information content (AvgIpc) is 2.87. The molecule has 90 valence electrons. The Morgan fingerprint density at radius 2 is 2.12 bits per heavy atom. The average molecular weight is 227 g/mol. The van der Waals surface area contributed by atoms with Gasteiger partial charge in [0.15, 0.2) is 0 Å². The first-order valence-corrected chi connectivity index (χ1v) is 5.60. The van der Waals surface area contributed by atoms with Gasteiger partial charge in [-0.3, -0.25) is 9.59 Å². The van der Waals surface area contributed by atoms with Crippen LogP contribution in [0.4, 0.5) is 0 Å². The number of fused-ring (bicyclic) bond motifs is 2. The highest BCUT2D eigenvalue weighted by molar-refractivity contribution is 5.85. The Bertz CT molecular complexity index is 295. The van der Waals surface area contributed by atoms with Crippen LogP contribution < -0.4 is 16.4 Å². The Balaban J connectivity index is 1.69. The fourth-order valence-corrected chi connectivity index (χ4v) is 2.30. The molecule has 0 spiro atoms. The standard InChI is InChI=1S/C10H17N3O3/c11-4-9(14)12-5-10(15)13-7-3-6-1-2-8(7)16-6/h6-8H,1-5,11H2,(H,12,14)(H,13,15). The van der Waals surface area contributed by atoms with Gasteiger partial charge in [-0.2, -0.15) is 0 Å². The monoisotopic (exact) mass is 227 g/mol. The van der Waals surface area contributed by atoms with Gasteiger partial charge in [-0.25, -0.2) is 0 Å². The van der Waals surface area contributed by atoms with Crippen LogP contribution in [0.25, 0.3) is 0 Å². The van der Waals surface area contributed by atoms with Gasteiger partial charge in [0.25, 0.3) is 0 Å².